The van der Waals surface area contributed by atoms with Crippen LogP contribution in [-0.2, 0) is 4.79 Å². The maximum absolute atomic E-state index is 12.3. The predicted octanol–water partition coefficient (Wildman–Crippen LogP) is 4.01. The van der Waals surface area contributed by atoms with Crippen LogP contribution < -0.4 is 10.6 Å². The summed E-state index contributed by atoms with van der Waals surface area (Å²) >= 11 is 7.71. The number of thiophene rings is 1. The zero-order valence-electron chi connectivity index (χ0n) is 14.1. The van der Waals surface area contributed by atoms with Crippen molar-refractivity contribution in [3.63, 3.8) is 0 Å². The fourth-order valence-corrected chi connectivity index (χ4v) is 3.73. The lowest BCUT2D eigenvalue weighted by atomic mass is 10.1. The number of halogens is 1. The van der Waals surface area contributed by atoms with Crippen LogP contribution in [0.25, 0.3) is 0 Å². The Hall–Kier alpha value is -1.85. The third kappa shape index (κ3) is 4.36. The van der Waals surface area contributed by atoms with Crippen LogP contribution in [0, 0.1) is 13.8 Å². The first-order valence-electron chi connectivity index (χ1n) is 7.72. The summed E-state index contributed by atoms with van der Waals surface area (Å²) in [6.07, 6.45) is 0. The van der Waals surface area contributed by atoms with Crippen molar-refractivity contribution in [3.8, 4) is 0 Å². The molecule has 2 rings (SSSR count). The molecule has 2 amide bonds. The molecule has 0 aliphatic carbocycles. The minimum atomic E-state index is -0.656. The maximum Gasteiger partial charge on any atom is 0.253 e. The van der Waals surface area contributed by atoms with E-state index in [1.807, 2.05) is 20.8 Å². The Balaban J connectivity index is 1.98. The molecule has 0 fully saturated rings. The Morgan fingerprint density at radius 1 is 1.12 bits per heavy atom. The molecule has 1 aromatic carbocycles. The topological polar surface area (TPSA) is 58.2 Å². The van der Waals surface area contributed by atoms with Gasteiger partial charge in [0, 0.05) is 9.75 Å². The van der Waals surface area contributed by atoms with Gasteiger partial charge in [-0.2, -0.15) is 0 Å². The summed E-state index contributed by atoms with van der Waals surface area (Å²) in [5, 5.41) is 5.98. The first kappa shape index (κ1) is 18.5. The molecule has 0 bridgehead atoms. The molecule has 2 atom stereocenters. The standard InChI is InChI=1S/C18H21ClN2O2S/c1-10-9-15(13(4)24-10)11(2)20-17(22)12(3)21-18(23)14-7-5-6-8-16(14)19/h5-9,11-12H,1-4H3,(H,20,22)(H,21,23)/t11-,12+/m0/s1. The van der Waals surface area contributed by atoms with Gasteiger partial charge in [-0.05, 0) is 51.5 Å². The molecule has 6 heteroatoms. The van der Waals surface area contributed by atoms with Crippen molar-refractivity contribution in [1.29, 1.82) is 0 Å². The van der Waals surface area contributed by atoms with Crippen molar-refractivity contribution in [1.82, 2.24) is 10.6 Å². The van der Waals surface area contributed by atoms with E-state index >= 15 is 0 Å². The Bertz CT molecular complexity index is 757. The predicted molar refractivity (Wildman–Crippen MR) is 98.7 cm³/mol. The molecule has 0 saturated carbocycles. The van der Waals surface area contributed by atoms with Gasteiger partial charge in [0.25, 0.3) is 5.91 Å². The molecule has 0 aliphatic rings. The van der Waals surface area contributed by atoms with Gasteiger partial charge < -0.3 is 10.6 Å². The van der Waals surface area contributed by atoms with Crippen LogP contribution in [0.4, 0.5) is 0 Å². The molecule has 0 radical (unpaired) electrons. The highest BCUT2D eigenvalue weighted by atomic mass is 35.5. The summed E-state index contributed by atoms with van der Waals surface area (Å²) in [7, 11) is 0. The van der Waals surface area contributed by atoms with Gasteiger partial charge in [0.15, 0.2) is 0 Å². The molecule has 0 aliphatic heterocycles. The summed E-state index contributed by atoms with van der Waals surface area (Å²) in [5.41, 5.74) is 1.46. The third-order valence-electron chi connectivity index (χ3n) is 3.76. The zero-order chi connectivity index (χ0) is 17.9. The molecule has 2 N–H and O–H groups in total. The highest BCUT2D eigenvalue weighted by Gasteiger charge is 2.21. The molecule has 0 spiro atoms. The monoisotopic (exact) mass is 364 g/mol. The summed E-state index contributed by atoms with van der Waals surface area (Å²) in [5.74, 6) is -0.593. The molecule has 0 saturated heterocycles. The molecular formula is C18H21ClN2O2S. The smallest absolute Gasteiger partial charge is 0.253 e. The maximum atomic E-state index is 12.3. The first-order valence-corrected chi connectivity index (χ1v) is 8.91. The van der Waals surface area contributed by atoms with Crippen LogP contribution in [0.5, 0.6) is 0 Å². The van der Waals surface area contributed by atoms with E-state index in [0.29, 0.717) is 10.6 Å². The highest BCUT2D eigenvalue weighted by molar-refractivity contribution is 7.12. The lowest BCUT2D eigenvalue weighted by molar-refractivity contribution is -0.123. The average Bonchev–Trinajstić information content (AvgIpc) is 2.86. The number of amides is 2. The molecule has 0 unspecified atom stereocenters. The van der Waals surface area contributed by atoms with Crippen LogP contribution in [0.3, 0.4) is 0 Å². The van der Waals surface area contributed by atoms with Gasteiger partial charge >= 0.3 is 0 Å². The number of rotatable bonds is 5. The van der Waals surface area contributed by atoms with E-state index < -0.39 is 6.04 Å². The van der Waals surface area contributed by atoms with E-state index in [9.17, 15) is 9.59 Å². The van der Waals surface area contributed by atoms with Gasteiger partial charge in [-0.15, -0.1) is 11.3 Å². The van der Waals surface area contributed by atoms with Gasteiger partial charge in [-0.1, -0.05) is 23.7 Å². The van der Waals surface area contributed by atoms with E-state index in [0.717, 1.165) is 5.56 Å². The second-order valence-corrected chi connectivity index (χ2v) is 7.64. The van der Waals surface area contributed by atoms with Gasteiger partial charge in [0.05, 0.1) is 16.6 Å². The quantitative estimate of drug-likeness (QED) is 0.842. The van der Waals surface area contributed by atoms with Gasteiger partial charge in [0.2, 0.25) is 5.91 Å². The number of carbonyl (C=O) groups is 2. The van der Waals surface area contributed by atoms with Gasteiger partial charge in [-0.3, -0.25) is 9.59 Å². The summed E-state index contributed by atoms with van der Waals surface area (Å²) in [6, 6.07) is 8.07. The van der Waals surface area contributed by atoms with E-state index in [1.54, 1.807) is 42.5 Å². The molecule has 4 nitrogen and oxygen atoms in total. The Morgan fingerprint density at radius 3 is 2.38 bits per heavy atom. The van der Waals surface area contributed by atoms with Crippen molar-refractivity contribution >= 4 is 34.8 Å². The average molecular weight is 365 g/mol. The zero-order valence-corrected chi connectivity index (χ0v) is 15.7. The van der Waals surface area contributed by atoms with Crippen LogP contribution >= 0.6 is 22.9 Å². The van der Waals surface area contributed by atoms with Crippen LogP contribution in [-0.4, -0.2) is 17.9 Å². The summed E-state index contributed by atoms with van der Waals surface area (Å²) < 4.78 is 0. The number of carbonyl (C=O) groups excluding carboxylic acids is 2. The van der Waals surface area contributed by atoms with E-state index in [-0.39, 0.29) is 17.9 Å². The minimum Gasteiger partial charge on any atom is -0.348 e. The number of hydrogen-bond acceptors (Lipinski definition) is 3. The van der Waals surface area contributed by atoms with Crippen molar-refractivity contribution in [2.24, 2.45) is 0 Å². The lowest BCUT2D eigenvalue weighted by Crippen LogP contribution is -2.45. The summed E-state index contributed by atoms with van der Waals surface area (Å²) in [4.78, 5) is 27.0. The number of hydrogen-bond donors (Lipinski definition) is 2. The molecule has 2 aromatic rings. The van der Waals surface area contributed by atoms with Gasteiger partial charge in [-0.25, -0.2) is 0 Å². The van der Waals surface area contributed by atoms with Crippen molar-refractivity contribution in [2.75, 3.05) is 0 Å². The fraction of sp³-hybridized carbons (Fsp3) is 0.333. The second kappa shape index (κ2) is 7.81. The third-order valence-corrected chi connectivity index (χ3v) is 5.08. The van der Waals surface area contributed by atoms with E-state index in [2.05, 4.69) is 16.7 Å². The van der Waals surface area contributed by atoms with Crippen molar-refractivity contribution in [3.05, 3.63) is 56.2 Å². The van der Waals surface area contributed by atoms with Crippen molar-refractivity contribution in [2.45, 2.75) is 39.8 Å². The fourth-order valence-electron chi connectivity index (χ4n) is 2.48. The van der Waals surface area contributed by atoms with E-state index in [1.165, 1.54) is 9.75 Å². The normalized spacial score (nSPS) is 13.2. The molecule has 1 heterocycles. The van der Waals surface area contributed by atoms with Crippen LogP contribution in [0.1, 0.15) is 45.6 Å². The number of aryl methyl sites for hydroxylation is 2. The van der Waals surface area contributed by atoms with Crippen LogP contribution in [0.15, 0.2) is 30.3 Å². The minimum absolute atomic E-state index is 0.109. The molecule has 128 valence electrons. The molecule has 1 aromatic heterocycles. The molecular weight excluding hydrogens is 344 g/mol. The van der Waals surface area contributed by atoms with E-state index in [4.69, 9.17) is 11.6 Å². The van der Waals surface area contributed by atoms with Crippen molar-refractivity contribution < 1.29 is 9.59 Å². The Morgan fingerprint density at radius 2 is 1.79 bits per heavy atom. The SMILES string of the molecule is Cc1cc([C@H](C)NC(=O)[C@@H](C)NC(=O)c2ccccc2Cl)c(C)s1. The Labute approximate surface area is 151 Å². The van der Waals surface area contributed by atoms with Gasteiger partial charge in [0.1, 0.15) is 6.04 Å². The number of benzene rings is 1. The summed E-state index contributed by atoms with van der Waals surface area (Å²) in [6.45, 7) is 7.68. The highest BCUT2D eigenvalue weighted by Crippen LogP contribution is 2.26. The lowest BCUT2D eigenvalue weighted by Gasteiger charge is -2.19. The largest absolute Gasteiger partial charge is 0.348 e. The molecule has 24 heavy (non-hydrogen) atoms. The second-order valence-electron chi connectivity index (χ2n) is 5.77. The first-order chi connectivity index (χ1) is 11.3. The Kier molecular flexibility index (Phi) is 6.02. The van der Waals surface area contributed by atoms with Crippen LogP contribution in [0.2, 0.25) is 5.02 Å². The number of nitrogens with one attached hydrogen (secondary N) is 2.